The molecule has 1 aliphatic carbocycles. The summed E-state index contributed by atoms with van der Waals surface area (Å²) < 4.78 is 5.61. The lowest BCUT2D eigenvalue weighted by Crippen LogP contribution is -2.45. The number of likely N-dealkylation sites (tertiary alicyclic amines) is 1. The highest BCUT2D eigenvalue weighted by Crippen LogP contribution is 2.28. The van der Waals surface area contributed by atoms with Gasteiger partial charge in [-0.1, -0.05) is 0 Å². The normalized spacial score (nSPS) is 21.0. The molecule has 3 aliphatic rings. The minimum absolute atomic E-state index is 0.0506. The molecule has 7 nitrogen and oxygen atoms in total. The molecule has 0 atom stereocenters. The van der Waals surface area contributed by atoms with Crippen molar-refractivity contribution in [3.05, 3.63) is 29.8 Å². The Bertz CT molecular complexity index is 803. The summed E-state index contributed by atoms with van der Waals surface area (Å²) in [6.45, 7) is 3.23. The molecule has 7 heteroatoms. The van der Waals surface area contributed by atoms with Crippen molar-refractivity contribution in [3.63, 3.8) is 0 Å². The van der Waals surface area contributed by atoms with Crippen LogP contribution in [0.25, 0.3) is 0 Å². The van der Waals surface area contributed by atoms with Crippen LogP contribution < -0.4 is 10.6 Å². The number of hydrogen-bond acceptors (Lipinski definition) is 5. The van der Waals surface area contributed by atoms with E-state index in [1.165, 1.54) is 12.8 Å². The van der Waals surface area contributed by atoms with Gasteiger partial charge >= 0.3 is 5.97 Å². The van der Waals surface area contributed by atoms with Crippen LogP contribution in [-0.2, 0) is 14.3 Å². The van der Waals surface area contributed by atoms with E-state index >= 15 is 0 Å². The fraction of sp³-hybridized carbons (Fsp3) is 0.640. The van der Waals surface area contributed by atoms with Gasteiger partial charge in [0, 0.05) is 49.8 Å². The van der Waals surface area contributed by atoms with E-state index in [4.69, 9.17) is 15.9 Å². The quantitative estimate of drug-likeness (QED) is 0.402. The molecule has 32 heavy (non-hydrogen) atoms. The molecule has 2 heterocycles. The van der Waals surface area contributed by atoms with Crippen LogP contribution in [0.1, 0.15) is 63.4 Å². The SMILES string of the molecule is N=C(N)c1ccc(N2CCC(C(=O)N3CCC(CC(=O)OC4CCCC4)CC3)CC2)cc1. The molecule has 1 aromatic carbocycles. The summed E-state index contributed by atoms with van der Waals surface area (Å²) in [6.07, 6.45) is 8.53. The molecular weight excluding hydrogens is 404 g/mol. The van der Waals surface area contributed by atoms with Gasteiger partial charge in [0.1, 0.15) is 11.9 Å². The molecule has 2 aliphatic heterocycles. The zero-order valence-corrected chi connectivity index (χ0v) is 18.9. The second-order valence-corrected chi connectivity index (χ2v) is 9.59. The Morgan fingerprint density at radius 3 is 2.16 bits per heavy atom. The Balaban J connectivity index is 1.19. The van der Waals surface area contributed by atoms with Gasteiger partial charge in [0.15, 0.2) is 0 Å². The maximum Gasteiger partial charge on any atom is 0.306 e. The van der Waals surface area contributed by atoms with E-state index in [0.717, 1.165) is 76.0 Å². The summed E-state index contributed by atoms with van der Waals surface area (Å²) in [6, 6.07) is 7.76. The maximum atomic E-state index is 13.1. The van der Waals surface area contributed by atoms with Crippen molar-refractivity contribution in [1.82, 2.24) is 4.90 Å². The minimum atomic E-state index is -0.0506. The van der Waals surface area contributed by atoms with E-state index in [-0.39, 0.29) is 29.7 Å². The number of carbonyl (C=O) groups excluding carboxylic acids is 2. The predicted octanol–water partition coefficient (Wildman–Crippen LogP) is 3.30. The van der Waals surface area contributed by atoms with E-state index in [9.17, 15) is 9.59 Å². The number of nitrogens with one attached hydrogen (secondary N) is 1. The maximum absolute atomic E-state index is 13.1. The Kier molecular flexibility index (Phi) is 7.33. The van der Waals surface area contributed by atoms with Crippen molar-refractivity contribution in [2.24, 2.45) is 17.6 Å². The van der Waals surface area contributed by atoms with Crippen molar-refractivity contribution in [1.29, 1.82) is 5.41 Å². The molecule has 0 spiro atoms. The third-order valence-corrected chi connectivity index (χ3v) is 7.37. The third-order valence-electron chi connectivity index (χ3n) is 7.37. The first-order chi connectivity index (χ1) is 15.5. The van der Waals surface area contributed by atoms with Crippen LogP contribution in [0.3, 0.4) is 0 Å². The number of ether oxygens (including phenoxy) is 1. The van der Waals surface area contributed by atoms with Gasteiger partial charge in [-0.05, 0) is 81.5 Å². The van der Waals surface area contributed by atoms with Gasteiger partial charge in [0.05, 0.1) is 0 Å². The molecule has 0 radical (unpaired) electrons. The number of benzene rings is 1. The van der Waals surface area contributed by atoms with Crippen molar-refractivity contribution in [3.8, 4) is 0 Å². The summed E-state index contributed by atoms with van der Waals surface area (Å²) in [4.78, 5) is 29.6. The molecule has 174 valence electrons. The molecule has 2 saturated heterocycles. The summed E-state index contributed by atoms with van der Waals surface area (Å²) in [5.41, 5.74) is 7.38. The molecule has 1 saturated carbocycles. The molecule has 1 aromatic rings. The number of carbonyl (C=O) groups is 2. The van der Waals surface area contributed by atoms with Gasteiger partial charge < -0.3 is 20.3 Å². The smallest absolute Gasteiger partial charge is 0.306 e. The average molecular weight is 441 g/mol. The van der Waals surface area contributed by atoms with E-state index < -0.39 is 0 Å². The zero-order valence-electron chi connectivity index (χ0n) is 18.9. The van der Waals surface area contributed by atoms with Crippen LogP contribution in [0, 0.1) is 17.2 Å². The van der Waals surface area contributed by atoms with Gasteiger partial charge in [-0.3, -0.25) is 15.0 Å². The van der Waals surface area contributed by atoms with Crippen LogP contribution in [-0.4, -0.2) is 54.9 Å². The minimum Gasteiger partial charge on any atom is -0.462 e. The Labute approximate surface area is 190 Å². The van der Waals surface area contributed by atoms with Crippen LogP contribution in [0.2, 0.25) is 0 Å². The highest BCUT2D eigenvalue weighted by molar-refractivity contribution is 5.95. The number of esters is 1. The summed E-state index contributed by atoms with van der Waals surface area (Å²) in [5.74, 6) is 0.740. The van der Waals surface area contributed by atoms with E-state index in [1.54, 1.807) is 0 Å². The molecule has 0 unspecified atom stereocenters. The van der Waals surface area contributed by atoms with Crippen LogP contribution >= 0.6 is 0 Å². The number of nitrogens with zero attached hydrogens (tertiary/aromatic N) is 2. The molecular formula is C25H36N4O3. The first-order valence-electron chi connectivity index (χ1n) is 12.2. The Morgan fingerprint density at radius 2 is 1.56 bits per heavy atom. The van der Waals surface area contributed by atoms with Crippen molar-refractivity contribution in [2.45, 2.75) is 63.9 Å². The molecule has 0 bridgehead atoms. The number of hydrogen-bond donors (Lipinski definition) is 2. The second-order valence-electron chi connectivity index (χ2n) is 9.59. The number of amidine groups is 1. The fourth-order valence-electron chi connectivity index (χ4n) is 5.33. The topological polar surface area (TPSA) is 99.7 Å². The molecule has 4 rings (SSSR count). The standard InChI is InChI=1S/C25H36N4O3/c26-24(27)19-5-7-21(8-6-19)28-15-11-20(12-16-28)25(31)29-13-9-18(10-14-29)17-23(30)32-22-3-1-2-4-22/h5-8,18,20,22H,1-4,9-17H2,(H3,26,27). The van der Waals surface area contributed by atoms with E-state index in [1.807, 2.05) is 29.2 Å². The van der Waals surface area contributed by atoms with Gasteiger partial charge in [-0.2, -0.15) is 0 Å². The number of piperidine rings is 2. The lowest BCUT2D eigenvalue weighted by atomic mass is 9.90. The summed E-state index contributed by atoms with van der Waals surface area (Å²) in [7, 11) is 0. The molecule has 3 N–H and O–H groups in total. The number of amides is 1. The molecule has 0 aromatic heterocycles. The Hall–Kier alpha value is -2.57. The highest BCUT2D eigenvalue weighted by atomic mass is 16.5. The largest absolute Gasteiger partial charge is 0.462 e. The van der Waals surface area contributed by atoms with Gasteiger partial charge in [0.25, 0.3) is 0 Å². The average Bonchev–Trinajstić information content (AvgIpc) is 3.32. The first kappa shape index (κ1) is 22.6. The predicted molar refractivity (Wildman–Crippen MR) is 125 cm³/mol. The zero-order chi connectivity index (χ0) is 22.5. The van der Waals surface area contributed by atoms with E-state index in [0.29, 0.717) is 12.3 Å². The van der Waals surface area contributed by atoms with Gasteiger partial charge in [-0.25, -0.2) is 0 Å². The number of nitrogen functional groups attached to an aromatic ring is 1. The van der Waals surface area contributed by atoms with Crippen LogP contribution in [0.5, 0.6) is 0 Å². The number of anilines is 1. The monoisotopic (exact) mass is 440 g/mol. The summed E-state index contributed by atoms with van der Waals surface area (Å²) in [5, 5.41) is 7.51. The van der Waals surface area contributed by atoms with E-state index in [2.05, 4.69) is 4.90 Å². The fourth-order valence-corrected chi connectivity index (χ4v) is 5.33. The third kappa shape index (κ3) is 5.61. The number of rotatable bonds is 6. The van der Waals surface area contributed by atoms with Crippen molar-refractivity contribution < 1.29 is 14.3 Å². The lowest BCUT2D eigenvalue weighted by molar-refractivity contribution is -0.150. The summed E-state index contributed by atoms with van der Waals surface area (Å²) >= 11 is 0. The van der Waals surface area contributed by atoms with Crippen LogP contribution in [0.15, 0.2) is 24.3 Å². The van der Waals surface area contributed by atoms with Crippen molar-refractivity contribution in [2.75, 3.05) is 31.1 Å². The second kappa shape index (κ2) is 10.4. The lowest BCUT2D eigenvalue weighted by Gasteiger charge is -2.38. The highest BCUT2D eigenvalue weighted by Gasteiger charge is 2.32. The van der Waals surface area contributed by atoms with Gasteiger partial charge in [0.2, 0.25) is 5.91 Å². The number of nitrogens with two attached hydrogens (primary N) is 1. The van der Waals surface area contributed by atoms with Gasteiger partial charge in [-0.15, -0.1) is 0 Å². The van der Waals surface area contributed by atoms with Crippen LogP contribution in [0.4, 0.5) is 5.69 Å². The van der Waals surface area contributed by atoms with Crippen molar-refractivity contribution >= 4 is 23.4 Å². The first-order valence-corrected chi connectivity index (χ1v) is 12.2. The Morgan fingerprint density at radius 1 is 0.938 bits per heavy atom. The molecule has 3 fully saturated rings. The molecule has 1 amide bonds.